The van der Waals surface area contributed by atoms with Crippen molar-refractivity contribution in [2.45, 2.75) is 45.6 Å². The van der Waals surface area contributed by atoms with Gasteiger partial charge in [0.15, 0.2) is 0 Å². The van der Waals surface area contributed by atoms with Crippen molar-refractivity contribution >= 4 is 63.1 Å². The van der Waals surface area contributed by atoms with Gasteiger partial charge in [0.1, 0.15) is 10.5 Å². The molecular weight excluding hydrogens is 471 g/mol. The maximum atomic E-state index is 13.5. The zero-order valence-electron chi connectivity index (χ0n) is 18.6. The van der Waals surface area contributed by atoms with Crippen molar-refractivity contribution in [3.63, 3.8) is 0 Å². The molecule has 32 heavy (non-hydrogen) atoms. The van der Waals surface area contributed by atoms with Crippen LogP contribution in [0.15, 0.2) is 24.3 Å². The molecule has 0 bridgehead atoms. The molecule has 0 aliphatic carbocycles. The van der Waals surface area contributed by atoms with Crippen LogP contribution in [0.3, 0.4) is 0 Å². The SMILES string of the molecule is CC(C)(C)c1cc(C(=O)N2CCNC(=O)C2(C)C)c(NC(=O)Nc2cccc(Cl)c2Cl)s1. The second-order valence-electron chi connectivity index (χ2n) is 9.06. The van der Waals surface area contributed by atoms with Crippen molar-refractivity contribution in [1.82, 2.24) is 10.2 Å². The average Bonchev–Trinajstić information content (AvgIpc) is 3.11. The number of rotatable bonds is 3. The van der Waals surface area contributed by atoms with Gasteiger partial charge in [0.2, 0.25) is 5.91 Å². The molecule has 1 fully saturated rings. The minimum atomic E-state index is -1.01. The Hall–Kier alpha value is -2.29. The monoisotopic (exact) mass is 496 g/mol. The number of hydrogen-bond acceptors (Lipinski definition) is 4. The first-order valence-corrected chi connectivity index (χ1v) is 11.7. The Morgan fingerprint density at radius 3 is 2.53 bits per heavy atom. The van der Waals surface area contributed by atoms with Crippen molar-refractivity contribution in [1.29, 1.82) is 0 Å². The molecule has 1 aromatic heterocycles. The number of hydrogen-bond donors (Lipinski definition) is 3. The normalized spacial score (nSPS) is 15.8. The molecule has 1 saturated heterocycles. The highest BCUT2D eigenvalue weighted by Gasteiger charge is 2.42. The van der Waals surface area contributed by atoms with E-state index >= 15 is 0 Å². The van der Waals surface area contributed by atoms with Crippen molar-refractivity contribution in [2.75, 3.05) is 23.7 Å². The molecular formula is C22H26Cl2N4O3S. The first kappa shape index (κ1) is 24.4. The molecule has 1 aromatic carbocycles. The van der Waals surface area contributed by atoms with Crippen LogP contribution in [-0.2, 0) is 10.2 Å². The summed E-state index contributed by atoms with van der Waals surface area (Å²) in [6.45, 7) is 10.3. The van der Waals surface area contributed by atoms with Crippen LogP contribution >= 0.6 is 34.5 Å². The van der Waals surface area contributed by atoms with E-state index in [0.29, 0.717) is 34.4 Å². The number of thiophene rings is 1. The fraction of sp³-hybridized carbons (Fsp3) is 0.409. The van der Waals surface area contributed by atoms with Gasteiger partial charge in [-0.3, -0.25) is 14.9 Å². The fourth-order valence-electron chi connectivity index (χ4n) is 3.27. The lowest BCUT2D eigenvalue weighted by molar-refractivity contribution is -0.133. The number of anilines is 2. The topological polar surface area (TPSA) is 90.5 Å². The molecule has 0 atom stereocenters. The van der Waals surface area contributed by atoms with E-state index < -0.39 is 11.6 Å². The summed E-state index contributed by atoms with van der Waals surface area (Å²) in [4.78, 5) is 41.0. The number of amides is 4. The number of nitrogens with zero attached hydrogens (tertiary/aromatic N) is 1. The summed E-state index contributed by atoms with van der Waals surface area (Å²) in [5.74, 6) is -0.529. The summed E-state index contributed by atoms with van der Waals surface area (Å²) < 4.78 is 0. The quantitative estimate of drug-likeness (QED) is 0.534. The summed E-state index contributed by atoms with van der Waals surface area (Å²) in [6, 6.07) is 6.16. The first-order chi connectivity index (χ1) is 14.8. The van der Waals surface area contributed by atoms with E-state index in [-0.39, 0.29) is 22.3 Å². The van der Waals surface area contributed by atoms with Crippen LogP contribution < -0.4 is 16.0 Å². The molecule has 4 amide bonds. The number of benzene rings is 1. The Morgan fingerprint density at radius 1 is 1.19 bits per heavy atom. The van der Waals surface area contributed by atoms with E-state index in [4.69, 9.17) is 23.2 Å². The Labute approximate surface area is 201 Å². The molecule has 1 aliphatic heterocycles. The summed E-state index contributed by atoms with van der Waals surface area (Å²) in [5, 5.41) is 9.17. The maximum absolute atomic E-state index is 13.5. The third-order valence-corrected chi connectivity index (χ3v) is 7.52. The minimum Gasteiger partial charge on any atom is -0.352 e. The zero-order valence-corrected chi connectivity index (χ0v) is 20.9. The Morgan fingerprint density at radius 2 is 1.88 bits per heavy atom. The lowest BCUT2D eigenvalue weighted by Gasteiger charge is -2.41. The maximum Gasteiger partial charge on any atom is 0.324 e. The van der Waals surface area contributed by atoms with Crippen LogP contribution in [0.1, 0.15) is 49.9 Å². The van der Waals surface area contributed by atoms with Crippen molar-refractivity contribution in [3.05, 3.63) is 44.8 Å². The van der Waals surface area contributed by atoms with Gasteiger partial charge in [0.05, 0.1) is 21.3 Å². The van der Waals surface area contributed by atoms with Crippen LogP contribution in [0.4, 0.5) is 15.5 Å². The van der Waals surface area contributed by atoms with Crippen molar-refractivity contribution in [2.24, 2.45) is 0 Å². The van der Waals surface area contributed by atoms with Crippen molar-refractivity contribution < 1.29 is 14.4 Å². The molecule has 1 aliphatic rings. The van der Waals surface area contributed by atoms with Gasteiger partial charge in [-0.05, 0) is 37.5 Å². The molecule has 0 radical (unpaired) electrons. The smallest absolute Gasteiger partial charge is 0.324 e. The molecule has 0 spiro atoms. The number of carbonyl (C=O) groups is 3. The zero-order chi connectivity index (χ0) is 23.8. The first-order valence-electron chi connectivity index (χ1n) is 10.1. The van der Waals surface area contributed by atoms with E-state index in [9.17, 15) is 14.4 Å². The molecule has 0 saturated carbocycles. The highest BCUT2D eigenvalue weighted by Crippen LogP contribution is 2.38. The summed E-state index contributed by atoms with van der Waals surface area (Å²) >= 11 is 13.5. The van der Waals surface area contributed by atoms with Crippen LogP contribution in [0.25, 0.3) is 0 Å². The molecule has 10 heteroatoms. The molecule has 7 nitrogen and oxygen atoms in total. The van der Waals surface area contributed by atoms with E-state index in [1.54, 1.807) is 38.1 Å². The highest BCUT2D eigenvalue weighted by molar-refractivity contribution is 7.16. The van der Waals surface area contributed by atoms with E-state index in [2.05, 4.69) is 16.0 Å². The van der Waals surface area contributed by atoms with Crippen LogP contribution in [-0.4, -0.2) is 41.4 Å². The van der Waals surface area contributed by atoms with Gasteiger partial charge in [-0.15, -0.1) is 11.3 Å². The summed E-state index contributed by atoms with van der Waals surface area (Å²) in [7, 11) is 0. The predicted octanol–water partition coefficient (Wildman–Crippen LogP) is 5.35. The van der Waals surface area contributed by atoms with E-state index in [1.807, 2.05) is 20.8 Å². The molecule has 172 valence electrons. The highest BCUT2D eigenvalue weighted by atomic mass is 35.5. The molecule has 2 aromatic rings. The van der Waals surface area contributed by atoms with Gasteiger partial charge in [0, 0.05) is 18.0 Å². The van der Waals surface area contributed by atoms with Gasteiger partial charge in [-0.2, -0.15) is 0 Å². The van der Waals surface area contributed by atoms with Crippen molar-refractivity contribution in [3.8, 4) is 0 Å². The number of carbonyl (C=O) groups excluding carboxylic acids is 3. The Kier molecular flexibility index (Phi) is 6.79. The van der Waals surface area contributed by atoms with Crippen LogP contribution in [0.2, 0.25) is 10.0 Å². The molecule has 3 rings (SSSR count). The summed E-state index contributed by atoms with van der Waals surface area (Å²) in [6.07, 6.45) is 0. The fourth-order valence-corrected chi connectivity index (χ4v) is 4.72. The van der Waals surface area contributed by atoms with Gasteiger partial charge in [0.25, 0.3) is 5.91 Å². The average molecular weight is 497 g/mol. The lowest BCUT2D eigenvalue weighted by Crippen LogP contribution is -2.63. The molecule has 3 N–H and O–H groups in total. The number of urea groups is 1. The number of nitrogens with one attached hydrogen (secondary N) is 3. The van der Waals surface area contributed by atoms with E-state index in [1.165, 1.54) is 16.2 Å². The minimum absolute atomic E-state index is 0.216. The largest absolute Gasteiger partial charge is 0.352 e. The van der Waals surface area contributed by atoms with Gasteiger partial charge in [-0.25, -0.2) is 4.79 Å². The number of piperazine rings is 1. The third-order valence-electron chi connectivity index (χ3n) is 5.23. The lowest BCUT2D eigenvalue weighted by atomic mass is 9.93. The third kappa shape index (κ3) is 4.87. The summed E-state index contributed by atoms with van der Waals surface area (Å²) in [5.41, 5.74) is -0.547. The number of halogens is 2. The van der Waals surface area contributed by atoms with Gasteiger partial charge < -0.3 is 15.5 Å². The Balaban J connectivity index is 1.92. The molecule has 2 heterocycles. The van der Waals surface area contributed by atoms with Crippen LogP contribution in [0.5, 0.6) is 0 Å². The second kappa shape index (κ2) is 8.92. The van der Waals surface area contributed by atoms with Crippen LogP contribution in [0, 0.1) is 0 Å². The standard InChI is InChI=1S/C22H26Cl2N4O3S/c1-21(2,3)15-11-12(18(29)28-10-9-25-19(30)22(28,4)5)17(32-15)27-20(31)26-14-8-6-7-13(23)16(14)24/h6-8,11H,9-10H2,1-5H3,(H,25,30)(H2,26,27,31). The second-order valence-corrected chi connectivity index (χ2v) is 10.9. The van der Waals surface area contributed by atoms with Gasteiger partial charge >= 0.3 is 6.03 Å². The predicted molar refractivity (Wildman–Crippen MR) is 130 cm³/mol. The Bertz CT molecular complexity index is 1080. The molecule has 0 unspecified atom stereocenters. The van der Waals surface area contributed by atoms with Gasteiger partial charge in [-0.1, -0.05) is 50.0 Å². The van der Waals surface area contributed by atoms with E-state index in [0.717, 1.165) is 4.88 Å².